The molecule has 1 aromatic carbocycles. The first kappa shape index (κ1) is 18.5. The molecule has 0 spiro atoms. The molecule has 1 fully saturated rings. The number of aryl methyl sites for hydroxylation is 1. The number of carbonyl (C=O) groups is 2. The number of carboxylic acid groups (broad SMARTS) is 2. The van der Waals surface area contributed by atoms with Crippen molar-refractivity contribution >= 4 is 11.9 Å². The van der Waals surface area contributed by atoms with E-state index in [2.05, 4.69) is 5.32 Å². The molecule has 0 aliphatic heterocycles. The van der Waals surface area contributed by atoms with E-state index >= 15 is 0 Å². The van der Waals surface area contributed by atoms with Crippen LogP contribution in [0.5, 0.6) is 0 Å². The molecule has 132 valence electrons. The van der Waals surface area contributed by atoms with Gasteiger partial charge < -0.3 is 10.2 Å². The lowest BCUT2D eigenvalue weighted by Gasteiger charge is -2.27. The van der Waals surface area contributed by atoms with E-state index in [-0.39, 0.29) is 0 Å². The highest BCUT2D eigenvalue weighted by atomic mass is 16.4. The van der Waals surface area contributed by atoms with Gasteiger partial charge in [-0.1, -0.05) is 62.4 Å². The third-order valence-electron chi connectivity index (χ3n) is 4.86. The second-order valence-corrected chi connectivity index (χ2v) is 6.71. The minimum absolute atomic E-state index is 0.383. The molecule has 0 aromatic heterocycles. The van der Waals surface area contributed by atoms with Gasteiger partial charge in [-0.2, -0.15) is 0 Å². The average Bonchev–Trinajstić information content (AvgIpc) is 2.59. The van der Waals surface area contributed by atoms with Crippen LogP contribution in [0.15, 0.2) is 30.3 Å². The highest BCUT2D eigenvalue weighted by molar-refractivity contribution is 5.77. The number of nitrogens with one attached hydrogen (secondary N) is 1. The maximum absolute atomic E-state index is 11.6. The quantitative estimate of drug-likeness (QED) is 0.646. The normalized spacial score (nSPS) is 18.0. The first-order chi connectivity index (χ1) is 11.6. The third kappa shape index (κ3) is 5.96. The maximum atomic E-state index is 11.6. The van der Waals surface area contributed by atoms with Gasteiger partial charge in [0.25, 0.3) is 0 Å². The van der Waals surface area contributed by atoms with Gasteiger partial charge in [-0.25, -0.2) is 0 Å². The second kappa shape index (κ2) is 9.42. The Morgan fingerprint density at radius 3 is 2.21 bits per heavy atom. The zero-order chi connectivity index (χ0) is 17.4. The predicted molar refractivity (Wildman–Crippen MR) is 91.9 cm³/mol. The van der Waals surface area contributed by atoms with Crippen molar-refractivity contribution in [2.24, 2.45) is 5.92 Å². The van der Waals surface area contributed by atoms with E-state index in [0.717, 1.165) is 31.2 Å². The zero-order valence-electron chi connectivity index (χ0n) is 14.0. The van der Waals surface area contributed by atoms with Crippen LogP contribution < -0.4 is 5.32 Å². The number of rotatable bonds is 9. The molecule has 1 saturated carbocycles. The van der Waals surface area contributed by atoms with Gasteiger partial charge in [0, 0.05) is 0 Å². The van der Waals surface area contributed by atoms with Crippen molar-refractivity contribution in [3.63, 3.8) is 0 Å². The van der Waals surface area contributed by atoms with Crippen LogP contribution in [0, 0.1) is 5.92 Å². The zero-order valence-corrected chi connectivity index (χ0v) is 14.0. The Hall–Kier alpha value is -1.88. The van der Waals surface area contributed by atoms with Gasteiger partial charge in [0.15, 0.2) is 0 Å². The molecule has 0 radical (unpaired) electrons. The SMILES string of the molecule is O=C(O)C(CCc1ccccc1)N[C@@H](CC1CCCCC1)C(=O)O. The van der Waals surface area contributed by atoms with Crippen molar-refractivity contribution in [3.8, 4) is 0 Å². The molecule has 24 heavy (non-hydrogen) atoms. The smallest absolute Gasteiger partial charge is 0.320 e. The number of carboxylic acids is 2. The molecule has 0 bridgehead atoms. The Morgan fingerprint density at radius 1 is 1.00 bits per heavy atom. The molecule has 1 aromatic rings. The molecule has 2 atom stereocenters. The Labute approximate surface area is 143 Å². The van der Waals surface area contributed by atoms with Crippen molar-refractivity contribution in [2.45, 2.75) is 63.5 Å². The topological polar surface area (TPSA) is 86.6 Å². The highest BCUT2D eigenvalue weighted by Crippen LogP contribution is 2.27. The number of hydrogen-bond donors (Lipinski definition) is 3. The molecule has 5 nitrogen and oxygen atoms in total. The van der Waals surface area contributed by atoms with Crippen LogP contribution in [-0.4, -0.2) is 34.2 Å². The van der Waals surface area contributed by atoms with Crippen LogP contribution in [0.3, 0.4) is 0 Å². The molecule has 3 N–H and O–H groups in total. The number of aliphatic carboxylic acids is 2. The highest BCUT2D eigenvalue weighted by Gasteiger charge is 2.28. The van der Waals surface area contributed by atoms with Crippen molar-refractivity contribution in [1.29, 1.82) is 0 Å². The summed E-state index contributed by atoms with van der Waals surface area (Å²) in [6.07, 6.45) is 7.12. The van der Waals surface area contributed by atoms with Crippen LogP contribution in [0.2, 0.25) is 0 Å². The molecule has 5 heteroatoms. The summed E-state index contributed by atoms with van der Waals surface area (Å²) in [5.41, 5.74) is 1.06. The van der Waals surface area contributed by atoms with Crippen LogP contribution >= 0.6 is 0 Å². The second-order valence-electron chi connectivity index (χ2n) is 6.71. The Kier molecular flexibility index (Phi) is 7.25. The lowest BCUT2D eigenvalue weighted by Crippen LogP contribution is -2.48. The number of benzene rings is 1. The molecule has 1 aliphatic carbocycles. The van der Waals surface area contributed by atoms with Crippen molar-refractivity contribution < 1.29 is 19.8 Å². The third-order valence-corrected chi connectivity index (χ3v) is 4.86. The van der Waals surface area contributed by atoms with E-state index in [1.165, 1.54) is 6.42 Å². The lowest BCUT2D eigenvalue weighted by atomic mass is 9.84. The van der Waals surface area contributed by atoms with E-state index in [1.807, 2.05) is 30.3 Å². The minimum Gasteiger partial charge on any atom is -0.480 e. The summed E-state index contributed by atoms with van der Waals surface area (Å²) in [6.45, 7) is 0. The monoisotopic (exact) mass is 333 g/mol. The molecule has 0 amide bonds. The summed E-state index contributed by atoms with van der Waals surface area (Å²) >= 11 is 0. The molecule has 0 saturated heterocycles. The minimum atomic E-state index is -0.985. The fourth-order valence-electron chi connectivity index (χ4n) is 3.47. The van der Waals surface area contributed by atoms with Gasteiger partial charge in [0.2, 0.25) is 0 Å². The molecule has 1 unspecified atom stereocenters. The van der Waals surface area contributed by atoms with Gasteiger partial charge in [-0.3, -0.25) is 14.9 Å². The maximum Gasteiger partial charge on any atom is 0.320 e. The van der Waals surface area contributed by atoms with Crippen molar-refractivity contribution in [3.05, 3.63) is 35.9 Å². The molecular formula is C19H27NO4. The van der Waals surface area contributed by atoms with E-state index in [4.69, 9.17) is 0 Å². The summed E-state index contributed by atoms with van der Waals surface area (Å²) in [5.74, 6) is -1.55. The summed E-state index contributed by atoms with van der Waals surface area (Å²) in [4.78, 5) is 23.1. The fraction of sp³-hybridized carbons (Fsp3) is 0.579. The van der Waals surface area contributed by atoms with E-state index in [0.29, 0.717) is 25.2 Å². The molecular weight excluding hydrogens is 306 g/mol. The van der Waals surface area contributed by atoms with Gasteiger partial charge in [-0.15, -0.1) is 0 Å². The van der Waals surface area contributed by atoms with Gasteiger partial charge >= 0.3 is 11.9 Å². The molecule has 0 heterocycles. The standard InChI is InChI=1S/C19H27NO4/c21-18(22)16(12-11-14-7-3-1-4-8-14)20-17(19(23)24)13-15-9-5-2-6-10-15/h1,3-4,7-8,15-17,20H,2,5-6,9-13H2,(H,21,22)(H,23,24)/t16?,17-/m0/s1. The van der Waals surface area contributed by atoms with Crippen LogP contribution in [0.4, 0.5) is 0 Å². The van der Waals surface area contributed by atoms with E-state index in [9.17, 15) is 19.8 Å². The van der Waals surface area contributed by atoms with Crippen molar-refractivity contribution in [1.82, 2.24) is 5.32 Å². The van der Waals surface area contributed by atoms with E-state index in [1.54, 1.807) is 0 Å². The average molecular weight is 333 g/mol. The molecule has 2 rings (SSSR count). The Bertz CT molecular complexity index is 525. The summed E-state index contributed by atoms with van der Waals surface area (Å²) in [5, 5.41) is 21.8. The number of hydrogen-bond acceptors (Lipinski definition) is 3. The first-order valence-electron chi connectivity index (χ1n) is 8.82. The van der Waals surface area contributed by atoms with E-state index < -0.39 is 24.0 Å². The largest absolute Gasteiger partial charge is 0.480 e. The van der Waals surface area contributed by atoms with Gasteiger partial charge in [0.1, 0.15) is 12.1 Å². The van der Waals surface area contributed by atoms with Crippen molar-refractivity contribution in [2.75, 3.05) is 0 Å². The van der Waals surface area contributed by atoms with Gasteiger partial charge in [0.05, 0.1) is 0 Å². The van der Waals surface area contributed by atoms with Crippen LogP contribution in [0.25, 0.3) is 0 Å². The summed E-state index contributed by atoms with van der Waals surface area (Å²) < 4.78 is 0. The first-order valence-corrected chi connectivity index (χ1v) is 8.82. The fourth-order valence-corrected chi connectivity index (χ4v) is 3.47. The predicted octanol–water partition coefficient (Wildman–Crippen LogP) is 3.09. The van der Waals surface area contributed by atoms with Gasteiger partial charge in [-0.05, 0) is 30.7 Å². The Morgan fingerprint density at radius 2 is 1.62 bits per heavy atom. The summed E-state index contributed by atoms with van der Waals surface area (Å²) in [7, 11) is 0. The summed E-state index contributed by atoms with van der Waals surface area (Å²) in [6, 6.07) is 8.04. The lowest BCUT2D eigenvalue weighted by molar-refractivity contribution is -0.143. The molecule has 1 aliphatic rings. The Balaban J connectivity index is 1.92. The van der Waals surface area contributed by atoms with Crippen LogP contribution in [0.1, 0.15) is 50.5 Å². The van der Waals surface area contributed by atoms with Crippen LogP contribution in [-0.2, 0) is 16.0 Å².